The predicted octanol–water partition coefficient (Wildman–Crippen LogP) is 3.78. The lowest BCUT2D eigenvalue weighted by Crippen LogP contribution is -2.28. The number of hydrogen-bond donors (Lipinski definition) is 2. The average molecular weight is 350 g/mol. The molecule has 1 aromatic carbocycles. The number of rotatable bonds is 1. The zero-order valence-corrected chi connectivity index (χ0v) is 12.6. The lowest BCUT2D eigenvalue weighted by molar-refractivity contribution is -0.123. The van der Waals surface area contributed by atoms with E-state index >= 15 is 0 Å². The van der Waals surface area contributed by atoms with Gasteiger partial charge in [0.1, 0.15) is 0 Å². The normalized spacial score (nSPS) is 11.3. The molecule has 16 heavy (non-hydrogen) atoms. The summed E-state index contributed by atoms with van der Waals surface area (Å²) in [5.74, 6) is -0.0674. The molecule has 0 spiro atoms. The van der Waals surface area contributed by atoms with Gasteiger partial charge in [0.2, 0.25) is 5.91 Å². The van der Waals surface area contributed by atoms with Gasteiger partial charge in [-0.15, -0.1) is 0 Å². The van der Waals surface area contributed by atoms with E-state index in [0.717, 1.165) is 8.95 Å². The summed E-state index contributed by atoms with van der Waals surface area (Å²) in [4.78, 5) is 11.8. The van der Waals surface area contributed by atoms with Gasteiger partial charge < -0.3 is 11.1 Å². The van der Waals surface area contributed by atoms with Gasteiger partial charge in [-0.25, -0.2) is 0 Å². The summed E-state index contributed by atoms with van der Waals surface area (Å²) < 4.78 is 1.63. The number of halogens is 2. The number of nitrogens with two attached hydrogens (primary N) is 1. The van der Waals surface area contributed by atoms with Crippen molar-refractivity contribution in [3.05, 3.63) is 21.1 Å². The molecule has 0 aliphatic rings. The highest BCUT2D eigenvalue weighted by atomic mass is 79.9. The zero-order valence-electron chi connectivity index (χ0n) is 9.40. The zero-order chi connectivity index (χ0) is 12.5. The topological polar surface area (TPSA) is 55.1 Å². The standard InChI is InChI=1S/C11H14Br2N2O/c1-11(2,3)10(16)15-9-7(13)4-6(12)5-8(9)14/h4-5H,14H2,1-3H3,(H,15,16). The maximum atomic E-state index is 11.8. The van der Waals surface area contributed by atoms with Crippen molar-refractivity contribution in [2.75, 3.05) is 11.1 Å². The molecule has 0 aliphatic heterocycles. The lowest BCUT2D eigenvalue weighted by atomic mass is 9.95. The summed E-state index contributed by atoms with van der Waals surface area (Å²) in [5, 5.41) is 2.81. The Morgan fingerprint density at radius 1 is 1.31 bits per heavy atom. The van der Waals surface area contributed by atoms with Gasteiger partial charge in [-0.3, -0.25) is 4.79 Å². The van der Waals surface area contributed by atoms with Gasteiger partial charge >= 0.3 is 0 Å². The molecule has 0 bridgehead atoms. The van der Waals surface area contributed by atoms with Crippen LogP contribution in [0.2, 0.25) is 0 Å². The first-order chi connectivity index (χ1) is 7.21. The van der Waals surface area contributed by atoms with Gasteiger partial charge in [0.15, 0.2) is 0 Å². The number of benzene rings is 1. The Labute approximate surface area is 112 Å². The smallest absolute Gasteiger partial charge is 0.229 e. The van der Waals surface area contributed by atoms with E-state index in [1.807, 2.05) is 26.8 Å². The molecule has 0 atom stereocenters. The molecule has 1 aromatic rings. The Hall–Kier alpha value is -0.550. The molecule has 0 saturated heterocycles. The maximum absolute atomic E-state index is 11.8. The second-order valence-electron chi connectivity index (χ2n) is 4.56. The summed E-state index contributed by atoms with van der Waals surface area (Å²) in [5.41, 5.74) is 6.53. The minimum absolute atomic E-state index is 0.0674. The second kappa shape index (κ2) is 4.75. The fourth-order valence-corrected chi connectivity index (χ4v) is 2.38. The number of nitrogen functional groups attached to an aromatic ring is 1. The Morgan fingerprint density at radius 2 is 1.88 bits per heavy atom. The number of hydrogen-bond acceptors (Lipinski definition) is 2. The molecule has 1 amide bonds. The van der Waals surface area contributed by atoms with Crippen LogP contribution in [-0.4, -0.2) is 5.91 Å². The van der Waals surface area contributed by atoms with Crippen LogP contribution < -0.4 is 11.1 Å². The molecule has 88 valence electrons. The molecule has 0 fully saturated rings. The Balaban J connectivity index is 3.03. The highest BCUT2D eigenvalue weighted by Crippen LogP contribution is 2.33. The summed E-state index contributed by atoms with van der Waals surface area (Å²) >= 11 is 6.70. The molecular weight excluding hydrogens is 336 g/mol. The maximum Gasteiger partial charge on any atom is 0.229 e. The average Bonchev–Trinajstić information content (AvgIpc) is 2.08. The molecule has 0 radical (unpaired) electrons. The number of anilines is 2. The highest BCUT2D eigenvalue weighted by molar-refractivity contribution is 9.11. The Bertz CT molecular complexity index is 401. The van der Waals surface area contributed by atoms with E-state index in [9.17, 15) is 4.79 Å². The van der Waals surface area contributed by atoms with E-state index in [2.05, 4.69) is 37.2 Å². The minimum atomic E-state index is -0.445. The van der Waals surface area contributed by atoms with Crippen LogP contribution in [0.25, 0.3) is 0 Å². The van der Waals surface area contributed by atoms with Crippen molar-refractivity contribution >= 4 is 49.1 Å². The first-order valence-electron chi connectivity index (χ1n) is 4.78. The van der Waals surface area contributed by atoms with E-state index in [1.165, 1.54) is 0 Å². The second-order valence-corrected chi connectivity index (χ2v) is 6.33. The van der Waals surface area contributed by atoms with E-state index in [-0.39, 0.29) is 5.91 Å². The van der Waals surface area contributed by atoms with Crippen LogP contribution in [0.1, 0.15) is 20.8 Å². The lowest BCUT2D eigenvalue weighted by Gasteiger charge is -2.19. The van der Waals surface area contributed by atoms with Crippen LogP contribution in [-0.2, 0) is 4.79 Å². The first-order valence-corrected chi connectivity index (χ1v) is 6.36. The Morgan fingerprint density at radius 3 is 2.31 bits per heavy atom. The van der Waals surface area contributed by atoms with Crippen molar-refractivity contribution in [3.63, 3.8) is 0 Å². The third-order valence-electron chi connectivity index (χ3n) is 2.01. The minimum Gasteiger partial charge on any atom is -0.397 e. The molecular formula is C11H14Br2N2O. The van der Waals surface area contributed by atoms with Crippen LogP contribution in [0.4, 0.5) is 11.4 Å². The first kappa shape index (κ1) is 13.5. The van der Waals surface area contributed by atoms with Crippen LogP contribution in [0.15, 0.2) is 21.1 Å². The number of carbonyl (C=O) groups is 1. The van der Waals surface area contributed by atoms with Crippen LogP contribution in [0.3, 0.4) is 0 Å². The third-order valence-corrected chi connectivity index (χ3v) is 3.09. The largest absolute Gasteiger partial charge is 0.397 e. The van der Waals surface area contributed by atoms with Crippen LogP contribution in [0, 0.1) is 5.41 Å². The molecule has 5 heteroatoms. The molecule has 0 heterocycles. The van der Waals surface area contributed by atoms with Gasteiger partial charge in [-0.1, -0.05) is 36.7 Å². The third kappa shape index (κ3) is 3.22. The van der Waals surface area contributed by atoms with Crippen LogP contribution >= 0.6 is 31.9 Å². The van der Waals surface area contributed by atoms with Crippen molar-refractivity contribution in [1.82, 2.24) is 0 Å². The quantitative estimate of drug-likeness (QED) is 0.758. The molecule has 0 aliphatic carbocycles. The molecule has 3 nitrogen and oxygen atoms in total. The fourth-order valence-electron chi connectivity index (χ4n) is 1.03. The molecule has 0 unspecified atom stereocenters. The van der Waals surface area contributed by atoms with Crippen molar-refractivity contribution in [2.45, 2.75) is 20.8 Å². The summed E-state index contributed by atoms with van der Waals surface area (Å²) in [6.45, 7) is 5.56. The van der Waals surface area contributed by atoms with Crippen molar-refractivity contribution in [2.24, 2.45) is 5.41 Å². The summed E-state index contributed by atoms with van der Waals surface area (Å²) in [6, 6.07) is 3.59. The van der Waals surface area contributed by atoms with Crippen molar-refractivity contribution in [1.29, 1.82) is 0 Å². The number of nitrogens with one attached hydrogen (secondary N) is 1. The van der Waals surface area contributed by atoms with Gasteiger partial charge in [0, 0.05) is 14.4 Å². The van der Waals surface area contributed by atoms with Gasteiger partial charge in [-0.2, -0.15) is 0 Å². The predicted molar refractivity (Wildman–Crippen MR) is 74.3 cm³/mol. The van der Waals surface area contributed by atoms with Crippen LogP contribution in [0.5, 0.6) is 0 Å². The Kier molecular flexibility index (Phi) is 4.02. The van der Waals surface area contributed by atoms with Crippen molar-refractivity contribution in [3.8, 4) is 0 Å². The van der Waals surface area contributed by atoms with E-state index in [1.54, 1.807) is 6.07 Å². The van der Waals surface area contributed by atoms with Crippen molar-refractivity contribution < 1.29 is 4.79 Å². The van der Waals surface area contributed by atoms with Gasteiger partial charge in [0.25, 0.3) is 0 Å². The number of amides is 1. The molecule has 1 rings (SSSR count). The van der Waals surface area contributed by atoms with Gasteiger partial charge in [-0.05, 0) is 28.1 Å². The number of carbonyl (C=O) groups excluding carboxylic acids is 1. The molecule has 0 saturated carbocycles. The molecule has 3 N–H and O–H groups in total. The summed E-state index contributed by atoms with van der Waals surface area (Å²) in [6.07, 6.45) is 0. The molecule has 0 aromatic heterocycles. The highest BCUT2D eigenvalue weighted by Gasteiger charge is 2.22. The van der Waals surface area contributed by atoms with E-state index in [0.29, 0.717) is 11.4 Å². The van der Waals surface area contributed by atoms with E-state index < -0.39 is 5.41 Å². The monoisotopic (exact) mass is 348 g/mol. The van der Waals surface area contributed by atoms with E-state index in [4.69, 9.17) is 5.73 Å². The summed E-state index contributed by atoms with van der Waals surface area (Å²) in [7, 11) is 0. The van der Waals surface area contributed by atoms with Gasteiger partial charge in [0.05, 0.1) is 11.4 Å². The fraction of sp³-hybridized carbons (Fsp3) is 0.364. The SMILES string of the molecule is CC(C)(C)C(=O)Nc1c(N)cc(Br)cc1Br.